The monoisotopic (exact) mass is 391 g/mol. The molecule has 0 aliphatic rings. The van der Waals surface area contributed by atoms with Gasteiger partial charge in [0.1, 0.15) is 0 Å². The minimum Gasteiger partial charge on any atom is -0.266 e. The van der Waals surface area contributed by atoms with E-state index in [1.165, 1.54) is 0 Å². The third kappa shape index (κ3) is 6.25. The van der Waals surface area contributed by atoms with Crippen LogP contribution in [0.15, 0.2) is 60.7 Å². The number of rotatable bonds is 10. The van der Waals surface area contributed by atoms with E-state index in [-0.39, 0.29) is 25.3 Å². The first-order valence-electron chi connectivity index (χ1n) is 9.14. The predicted molar refractivity (Wildman–Crippen MR) is 108 cm³/mol. The minimum absolute atomic E-state index is 0.0380. The Bertz CT molecular complexity index is 674. The highest BCUT2D eigenvalue weighted by Crippen LogP contribution is 2.49. The molecule has 0 heterocycles. The first-order chi connectivity index (χ1) is 12.8. The van der Waals surface area contributed by atoms with Crippen molar-refractivity contribution >= 4 is 7.59 Å². The van der Waals surface area contributed by atoms with Crippen molar-refractivity contribution in [3.8, 4) is 0 Å². The fourth-order valence-electron chi connectivity index (χ4n) is 2.95. The molecule has 0 amide bonds. The lowest BCUT2D eigenvalue weighted by Gasteiger charge is -2.39. The van der Waals surface area contributed by atoms with Gasteiger partial charge >= 0.3 is 7.59 Å². The average Bonchev–Trinajstić information content (AvgIpc) is 2.62. The molecule has 0 fully saturated rings. The van der Waals surface area contributed by atoms with E-state index in [9.17, 15) is 4.57 Å². The maximum atomic E-state index is 13.5. The van der Waals surface area contributed by atoms with Gasteiger partial charge in [-0.2, -0.15) is 0 Å². The van der Waals surface area contributed by atoms with E-state index in [0.29, 0.717) is 0 Å². The summed E-state index contributed by atoms with van der Waals surface area (Å²) in [5.41, 5.74) is 8.17. The zero-order valence-electron chi connectivity index (χ0n) is 16.5. The van der Waals surface area contributed by atoms with Crippen molar-refractivity contribution in [2.45, 2.75) is 53.0 Å². The van der Waals surface area contributed by atoms with Gasteiger partial charge in [-0.1, -0.05) is 60.7 Å². The second-order valence-corrected chi connectivity index (χ2v) is 8.88. The smallest absolute Gasteiger partial charge is 0.266 e. The Morgan fingerprint density at radius 3 is 1.52 bits per heavy atom. The summed E-state index contributed by atoms with van der Waals surface area (Å²) in [7, 11) is -3.58. The highest BCUT2D eigenvalue weighted by atomic mass is 31.2. The SMILES string of the molecule is CC(C)N(C(C)C)P(N)(=O)N(OCc1ccccc1)OCc1ccccc1. The van der Waals surface area contributed by atoms with Crippen molar-refractivity contribution in [3.63, 3.8) is 0 Å². The number of hydrogen-bond donors (Lipinski definition) is 1. The summed E-state index contributed by atoms with van der Waals surface area (Å²) in [5, 5.41) is 0. The predicted octanol–water partition coefficient (Wildman–Crippen LogP) is 4.74. The average molecular weight is 391 g/mol. The third-order valence-electron chi connectivity index (χ3n) is 3.99. The van der Waals surface area contributed by atoms with Gasteiger partial charge < -0.3 is 0 Å². The van der Waals surface area contributed by atoms with Crippen LogP contribution in [0.4, 0.5) is 0 Å². The van der Waals surface area contributed by atoms with Crippen LogP contribution in [0.3, 0.4) is 0 Å². The first kappa shape index (κ1) is 21.8. The van der Waals surface area contributed by atoms with Crippen molar-refractivity contribution in [1.82, 2.24) is 9.67 Å². The molecule has 2 aromatic rings. The summed E-state index contributed by atoms with van der Waals surface area (Å²) in [6, 6.07) is 19.2. The Labute approximate surface area is 162 Å². The van der Waals surface area contributed by atoms with Crippen LogP contribution in [-0.4, -0.2) is 21.8 Å². The molecule has 1 atom stereocenters. The Kier molecular flexibility index (Phi) is 8.17. The molecule has 6 nitrogen and oxygen atoms in total. The highest BCUT2D eigenvalue weighted by molar-refractivity contribution is 7.56. The standard InChI is InChI=1S/C20H30N3O3P/c1-17(2)22(18(3)4)27(21,24)23(25-15-19-11-7-5-8-12-19)26-16-20-13-9-6-10-14-20/h5-14,17-18H,15-16H2,1-4H3,(H2,21,24). The maximum Gasteiger partial charge on any atom is 0.329 e. The first-order valence-corrected chi connectivity index (χ1v) is 10.8. The van der Waals surface area contributed by atoms with Crippen LogP contribution < -0.4 is 5.50 Å². The van der Waals surface area contributed by atoms with Gasteiger partial charge in [0, 0.05) is 17.1 Å². The molecule has 0 saturated carbocycles. The molecule has 2 rings (SSSR count). The van der Waals surface area contributed by atoms with E-state index in [0.717, 1.165) is 16.1 Å². The number of hydrogen-bond acceptors (Lipinski definition) is 3. The van der Waals surface area contributed by atoms with Crippen molar-refractivity contribution < 1.29 is 14.2 Å². The molecule has 0 radical (unpaired) electrons. The van der Waals surface area contributed by atoms with Gasteiger partial charge in [-0.3, -0.25) is 19.7 Å². The van der Waals surface area contributed by atoms with Gasteiger partial charge in [0.05, 0.1) is 13.2 Å². The maximum absolute atomic E-state index is 13.5. The summed E-state index contributed by atoms with van der Waals surface area (Å²) in [6.45, 7) is 8.22. The minimum atomic E-state index is -3.58. The van der Waals surface area contributed by atoms with Gasteiger partial charge in [-0.15, -0.1) is 0 Å². The van der Waals surface area contributed by atoms with Crippen molar-refractivity contribution in [2.24, 2.45) is 5.50 Å². The number of nitrogens with zero attached hydrogens (tertiary/aromatic N) is 2. The van der Waals surface area contributed by atoms with E-state index >= 15 is 0 Å². The molecule has 2 aromatic carbocycles. The Balaban J connectivity index is 2.19. The lowest BCUT2D eigenvalue weighted by molar-refractivity contribution is -0.320. The molecule has 0 saturated heterocycles. The molecule has 0 spiro atoms. The molecule has 0 aliphatic heterocycles. The zero-order valence-corrected chi connectivity index (χ0v) is 17.4. The van der Waals surface area contributed by atoms with Crippen LogP contribution >= 0.6 is 7.59 Å². The van der Waals surface area contributed by atoms with Crippen LogP contribution in [-0.2, 0) is 27.5 Å². The summed E-state index contributed by atoms with van der Waals surface area (Å²) >= 11 is 0. The van der Waals surface area contributed by atoms with E-state index in [1.807, 2.05) is 88.4 Å². The van der Waals surface area contributed by atoms with Gasteiger partial charge in [0.15, 0.2) is 0 Å². The summed E-state index contributed by atoms with van der Waals surface area (Å²) < 4.78 is 15.2. The Morgan fingerprint density at radius 1 is 0.815 bits per heavy atom. The third-order valence-corrected chi connectivity index (χ3v) is 6.28. The van der Waals surface area contributed by atoms with E-state index in [1.54, 1.807) is 4.67 Å². The van der Waals surface area contributed by atoms with Crippen LogP contribution in [0.5, 0.6) is 0 Å². The van der Waals surface area contributed by atoms with Crippen molar-refractivity contribution in [3.05, 3.63) is 71.8 Å². The molecule has 1 unspecified atom stereocenters. The molecule has 0 aliphatic carbocycles. The van der Waals surface area contributed by atoms with Gasteiger partial charge in [0.25, 0.3) is 0 Å². The number of benzene rings is 2. The molecule has 27 heavy (non-hydrogen) atoms. The largest absolute Gasteiger partial charge is 0.329 e. The molecular formula is C20H30N3O3P. The molecule has 148 valence electrons. The highest BCUT2D eigenvalue weighted by Gasteiger charge is 2.39. The van der Waals surface area contributed by atoms with E-state index in [4.69, 9.17) is 15.2 Å². The van der Waals surface area contributed by atoms with Crippen molar-refractivity contribution in [2.75, 3.05) is 0 Å². The van der Waals surface area contributed by atoms with E-state index in [2.05, 4.69) is 0 Å². The fourth-order valence-corrected chi connectivity index (χ4v) is 4.89. The molecule has 0 bridgehead atoms. The summed E-state index contributed by atoms with van der Waals surface area (Å²) in [6.07, 6.45) is 0. The normalized spacial score (nSPS) is 14.3. The second kappa shape index (κ2) is 10.1. The van der Waals surface area contributed by atoms with Crippen molar-refractivity contribution in [1.29, 1.82) is 0 Å². The van der Waals surface area contributed by atoms with Crippen LogP contribution in [0.25, 0.3) is 0 Å². The molecule has 7 heteroatoms. The quantitative estimate of drug-likeness (QED) is 0.466. The number of nitrogens with two attached hydrogens (primary N) is 1. The lowest BCUT2D eigenvalue weighted by Crippen LogP contribution is -2.43. The van der Waals surface area contributed by atoms with Crippen LogP contribution in [0, 0.1) is 0 Å². The van der Waals surface area contributed by atoms with Crippen LogP contribution in [0.2, 0.25) is 0 Å². The van der Waals surface area contributed by atoms with Gasteiger partial charge in [0.2, 0.25) is 0 Å². The molecule has 0 aromatic heterocycles. The lowest BCUT2D eigenvalue weighted by atomic mass is 10.2. The topological polar surface area (TPSA) is 68.0 Å². The van der Waals surface area contributed by atoms with E-state index < -0.39 is 7.59 Å². The van der Waals surface area contributed by atoms with Gasteiger partial charge in [-0.25, -0.2) is 4.67 Å². The molecule has 2 N–H and O–H groups in total. The fraction of sp³-hybridized carbons (Fsp3) is 0.400. The Hall–Kier alpha value is -1.53. The second-order valence-electron chi connectivity index (χ2n) is 6.91. The summed E-state index contributed by atoms with van der Waals surface area (Å²) in [5.74, 6) is 0. The molecular weight excluding hydrogens is 361 g/mol. The van der Waals surface area contributed by atoms with Crippen LogP contribution in [0.1, 0.15) is 38.8 Å². The van der Waals surface area contributed by atoms with Gasteiger partial charge in [-0.05, 0) is 38.8 Å². The zero-order chi connectivity index (χ0) is 19.9. The Morgan fingerprint density at radius 2 is 1.19 bits per heavy atom. The summed E-state index contributed by atoms with van der Waals surface area (Å²) in [4.78, 5) is 12.6.